The predicted molar refractivity (Wildman–Crippen MR) is 77.8 cm³/mol. The normalized spacial score (nSPS) is 32.1. The lowest BCUT2D eigenvalue weighted by atomic mass is 9.89. The van der Waals surface area contributed by atoms with Gasteiger partial charge < -0.3 is 0 Å². The van der Waals surface area contributed by atoms with Gasteiger partial charge in [0.1, 0.15) is 0 Å². The SMILES string of the molecule is CC1=C(C)C(=O)N(CCCCC2CC3C=CC2C3)C1=O. The number of fused-ring (bicyclic) bond motifs is 2. The van der Waals surface area contributed by atoms with Crippen molar-refractivity contribution in [3.63, 3.8) is 0 Å². The molecule has 2 bridgehead atoms. The molecule has 0 spiro atoms. The summed E-state index contributed by atoms with van der Waals surface area (Å²) in [5, 5.41) is 0. The third-order valence-electron chi connectivity index (χ3n) is 5.32. The Hall–Kier alpha value is -1.38. The lowest BCUT2D eigenvalue weighted by Gasteiger charge is -2.19. The fourth-order valence-electron chi connectivity index (χ4n) is 3.92. The van der Waals surface area contributed by atoms with Gasteiger partial charge in [-0.2, -0.15) is 0 Å². The summed E-state index contributed by atoms with van der Waals surface area (Å²) < 4.78 is 0. The molecule has 3 nitrogen and oxygen atoms in total. The van der Waals surface area contributed by atoms with Crippen molar-refractivity contribution in [2.24, 2.45) is 17.8 Å². The van der Waals surface area contributed by atoms with Crippen molar-refractivity contribution in [3.8, 4) is 0 Å². The molecule has 1 saturated carbocycles. The molecular weight excluding hydrogens is 250 g/mol. The summed E-state index contributed by atoms with van der Waals surface area (Å²) in [5.74, 6) is 2.31. The van der Waals surface area contributed by atoms with Gasteiger partial charge in [0.15, 0.2) is 0 Å². The summed E-state index contributed by atoms with van der Waals surface area (Å²) in [4.78, 5) is 25.3. The number of rotatable bonds is 5. The monoisotopic (exact) mass is 273 g/mol. The maximum absolute atomic E-state index is 11.9. The van der Waals surface area contributed by atoms with Crippen LogP contribution in [-0.4, -0.2) is 23.3 Å². The molecule has 1 aliphatic heterocycles. The Kier molecular flexibility index (Phi) is 3.53. The molecule has 20 heavy (non-hydrogen) atoms. The molecule has 3 aliphatic rings. The van der Waals surface area contributed by atoms with Crippen molar-refractivity contribution in [2.45, 2.75) is 46.0 Å². The van der Waals surface area contributed by atoms with Crippen LogP contribution in [0.3, 0.4) is 0 Å². The van der Waals surface area contributed by atoms with Gasteiger partial charge in [0.05, 0.1) is 0 Å². The number of nitrogens with zero attached hydrogens (tertiary/aromatic N) is 1. The second-order valence-corrected chi connectivity index (χ2v) is 6.55. The fraction of sp³-hybridized carbons (Fsp3) is 0.647. The summed E-state index contributed by atoms with van der Waals surface area (Å²) in [6, 6.07) is 0. The van der Waals surface area contributed by atoms with E-state index in [4.69, 9.17) is 0 Å². The van der Waals surface area contributed by atoms with E-state index < -0.39 is 0 Å². The Labute approximate surface area is 120 Å². The molecule has 0 aromatic heterocycles. The van der Waals surface area contributed by atoms with Crippen LogP contribution in [0.2, 0.25) is 0 Å². The van der Waals surface area contributed by atoms with Crippen molar-refractivity contribution in [2.75, 3.05) is 6.54 Å². The predicted octanol–water partition coefficient (Wildman–Crippen LogP) is 3.07. The second-order valence-electron chi connectivity index (χ2n) is 6.55. The molecule has 0 saturated heterocycles. The number of hydrogen-bond acceptors (Lipinski definition) is 2. The molecule has 1 fully saturated rings. The lowest BCUT2D eigenvalue weighted by Crippen LogP contribution is -2.32. The molecule has 0 N–H and O–H groups in total. The third kappa shape index (κ3) is 2.23. The van der Waals surface area contributed by atoms with Crippen molar-refractivity contribution in [3.05, 3.63) is 23.3 Å². The molecule has 1 heterocycles. The first-order valence-electron chi connectivity index (χ1n) is 7.80. The highest BCUT2D eigenvalue weighted by Crippen LogP contribution is 2.45. The average Bonchev–Trinajstić information content (AvgIpc) is 3.10. The Morgan fingerprint density at radius 3 is 2.30 bits per heavy atom. The van der Waals surface area contributed by atoms with E-state index in [-0.39, 0.29) is 11.8 Å². The van der Waals surface area contributed by atoms with Gasteiger partial charge in [-0.1, -0.05) is 18.6 Å². The van der Waals surface area contributed by atoms with Crippen LogP contribution in [0, 0.1) is 17.8 Å². The largest absolute Gasteiger partial charge is 0.275 e. The number of imide groups is 1. The zero-order valence-electron chi connectivity index (χ0n) is 12.4. The highest BCUT2D eigenvalue weighted by molar-refractivity contribution is 6.18. The molecule has 3 atom stereocenters. The minimum atomic E-state index is -0.0876. The Morgan fingerprint density at radius 2 is 1.75 bits per heavy atom. The van der Waals surface area contributed by atoms with Crippen LogP contribution in [0.4, 0.5) is 0 Å². The molecule has 3 heteroatoms. The van der Waals surface area contributed by atoms with Gasteiger partial charge in [0, 0.05) is 17.7 Å². The van der Waals surface area contributed by atoms with Gasteiger partial charge in [-0.3, -0.25) is 14.5 Å². The molecule has 3 unspecified atom stereocenters. The van der Waals surface area contributed by atoms with Gasteiger partial charge in [-0.25, -0.2) is 0 Å². The van der Waals surface area contributed by atoms with E-state index in [0.29, 0.717) is 17.7 Å². The van der Waals surface area contributed by atoms with Crippen molar-refractivity contribution in [1.82, 2.24) is 4.90 Å². The van der Waals surface area contributed by atoms with E-state index in [9.17, 15) is 9.59 Å². The summed E-state index contributed by atoms with van der Waals surface area (Å²) in [6.07, 6.45) is 10.8. The van der Waals surface area contributed by atoms with E-state index in [1.54, 1.807) is 13.8 Å². The van der Waals surface area contributed by atoms with Crippen LogP contribution in [0.15, 0.2) is 23.3 Å². The van der Waals surface area contributed by atoms with Gasteiger partial charge in [0.2, 0.25) is 0 Å². The molecule has 0 aromatic rings. The third-order valence-corrected chi connectivity index (χ3v) is 5.32. The minimum absolute atomic E-state index is 0.0876. The number of carbonyl (C=O) groups is 2. The van der Waals surface area contributed by atoms with Gasteiger partial charge in [-0.15, -0.1) is 0 Å². The number of carbonyl (C=O) groups excluding carboxylic acids is 2. The zero-order chi connectivity index (χ0) is 14.3. The molecule has 0 radical (unpaired) electrons. The lowest BCUT2D eigenvalue weighted by molar-refractivity contribution is -0.137. The maximum atomic E-state index is 11.9. The first-order chi connectivity index (χ1) is 9.58. The Balaban J connectivity index is 1.42. The molecule has 0 aromatic carbocycles. The number of allylic oxidation sites excluding steroid dienone is 2. The standard InChI is InChI=1S/C17H23NO2/c1-11-12(2)17(20)18(16(11)19)8-4-3-5-14-9-13-6-7-15(14)10-13/h6-7,13-15H,3-5,8-10H2,1-2H3. The minimum Gasteiger partial charge on any atom is -0.275 e. The molecule has 2 aliphatic carbocycles. The van der Waals surface area contributed by atoms with Crippen LogP contribution < -0.4 is 0 Å². The summed E-state index contributed by atoms with van der Waals surface area (Å²) >= 11 is 0. The molecule has 3 rings (SSSR count). The topological polar surface area (TPSA) is 37.4 Å². The maximum Gasteiger partial charge on any atom is 0.256 e. The van der Waals surface area contributed by atoms with E-state index >= 15 is 0 Å². The van der Waals surface area contributed by atoms with Crippen LogP contribution in [0.5, 0.6) is 0 Å². The van der Waals surface area contributed by atoms with Gasteiger partial charge >= 0.3 is 0 Å². The Bertz CT molecular complexity index is 479. The molecule has 108 valence electrons. The van der Waals surface area contributed by atoms with Crippen molar-refractivity contribution in [1.29, 1.82) is 0 Å². The molecule has 2 amide bonds. The number of amides is 2. The summed E-state index contributed by atoms with van der Waals surface area (Å²) in [7, 11) is 0. The van der Waals surface area contributed by atoms with E-state index in [1.165, 1.54) is 24.2 Å². The van der Waals surface area contributed by atoms with Crippen LogP contribution in [-0.2, 0) is 9.59 Å². The van der Waals surface area contributed by atoms with Crippen LogP contribution in [0.25, 0.3) is 0 Å². The number of unbranched alkanes of at least 4 members (excludes halogenated alkanes) is 1. The van der Waals surface area contributed by atoms with Gasteiger partial charge in [0.25, 0.3) is 11.8 Å². The van der Waals surface area contributed by atoms with Crippen LogP contribution in [0.1, 0.15) is 46.0 Å². The molecular formula is C17H23NO2. The fourth-order valence-corrected chi connectivity index (χ4v) is 3.92. The Morgan fingerprint density at radius 1 is 1.05 bits per heavy atom. The summed E-state index contributed by atoms with van der Waals surface area (Å²) in [6.45, 7) is 4.08. The van der Waals surface area contributed by atoms with E-state index in [1.807, 2.05) is 0 Å². The van der Waals surface area contributed by atoms with E-state index in [2.05, 4.69) is 12.2 Å². The number of hydrogen-bond donors (Lipinski definition) is 0. The average molecular weight is 273 g/mol. The second kappa shape index (κ2) is 5.19. The van der Waals surface area contributed by atoms with Gasteiger partial charge in [-0.05, 0) is 57.3 Å². The first kappa shape index (κ1) is 13.6. The quantitative estimate of drug-likeness (QED) is 0.438. The van der Waals surface area contributed by atoms with E-state index in [0.717, 1.165) is 30.6 Å². The summed E-state index contributed by atoms with van der Waals surface area (Å²) in [5.41, 5.74) is 1.24. The smallest absolute Gasteiger partial charge is 0.256 e. The van der Waals surface area contributed by atoms with Crippen molar-refractivity contribution >= 4 is 11.8 Å². The first-order valence-corrected chi connectivity index (χ1v) is 7.80. The van der Waals surface area contributed by atoms with Crippen molar-refractivity contribution < 1.29 is 9.59 Å². The zero-order valence-corrected chi connectivity index (χ0v) is 12.4. The van der Waals surface area contributed by atoms with Crippen LogP contribution >= 0.6 is 0 Å². The highest BCUT2D eigenvalue weighted by atomic mass is 16.2. The highest BCUT2D eigenvalue weighted by Gasteiger charge is 2.35.